The maximum Gasteiger partial charge on any atom is 0.354 e. The second kappa shape index (κ2) is 11.9. The fourth-order valence-electron chi connectivity index (χ4n) is 2.62. The van der Waals surface area contributed by atoms with Crippen molar-refractivity contribution in [3.63, 3.8) is 0 Å². The van der Waals surface area contributed by atoms with E-state index in [1.54, 1.807) is 13.8 Å². The Balaban J connectivity index is 2.07. The molecule has 0 atom stereocenters. The lowest BCUT2D eigenvalue weighted by Gasteiger charge is -2.17. The molecule has 178 valence electrons. The molecule has 0 saturated heterocycles. The molecule has 14 heteroatoms. The van der Waals surface area contributed by atoms with Gasteiger partial charge in [0.1, 0.15) is 6.33 Å². The number of benzene rings is 1. The SMILES string of the molecule is CCOc1cc(C(=O)NCC(=O)NNc2ncnc(N)c2[N+](=O)[O-])cc(OCC)c1OCC. The largest absolute Gasteiger partial charge is 0.490 e. The van der Waals surface area contributed by atoms with Crippen LogP contribution in [0.25, 0.3) is 0 Å². The van der Waals surface area contributed by atoms with E-state index in [4.69, 9.17) is 19.9 Å². The van der Waals surface area contributed by atoms with Crippen LogP contribution in [0.3, 0.4) is 0 Å². The Labute approximate surface area is 188 Å². The lowest BCUT2D eigenvalue weighted by molar-refractivity contribution is -0.383. The van der Waals surface area contributed by atoms with Gasteiger partial charge in [0.25, 0.3) is 11.8 Å². The molecule has 0 aliphatic rings. The van der Waals surface area contributed by atoms with E-state index < -0.39 is 29.0 Å². The van der Waals surface area contributed by atoms with Gasteiger partial charge in [-0.05, 0) is 32.9 Å². The Kier molecular flexibility index (Phi) is 8.96. The van der Waals surface area contributed by atoms with E-state index in [1.807, 2.05) is 6.92 Å². The summed E-state index contributed by atoms with van der Waals surface area (Å²) in [6.07, 6.45) is 0.996. The highest BCUT2D eigenvalue weighted by atomic mass is 16.6. The molecule has 0 spiro atoms. The molecule has 2 amide bonds. The van der Waals surface area contributed by atoms with Crippen LogP contribution in [-0.2, 0) is 4.79 Å². The van der Waals surface area contributed by atoms with E-state index in [2.05, 4.69) is 26.1 Å². The van der Waals surface area contributed by atoms with Gasteiger partial charge in [-0.15, -0.1) is 0 Å². The summed E-state index contributed by atoms with van der Waals surface area (Å²) in [5, 5.41) is 13.5. The Bertz CT molecular complexity index is 989. The maximum absolute atomic E-state index is 12.6. The minimum atomic E-state index is -0.788. The highest BCUT2D eigenvalue weighted by molar-refractivity contribution is 5.97. The number of rotatable bonds is 12. The molecule has 2 aromatic rings. The van der Waals surface area contributed by atoms with E-state index in [-0.39, 0.29) is 17.2 Å². The van der Waals surface area contributed by atoms with Crippen molar-refractivity contribution in [1.82, 2.24) is 20.7 Å². The number of hydrogen-bond donors (Lipinski definition) is 4. The first-order valence-corrected chi connectivity index (χ1v) is 9.96. The van der Waals surface area contributed by atoms with Gasteiger partial charge in [0.05, 0.1) is 31.3 Å². The molecule has 14 nitrogen and oxygen atoms in total. The molecule has 1 aromatic heterocycles. The van der Waals surface area contributed by atoms with E-state index >= 15 is 0 Å². The molecule has 0 saturated carbocycles. The molecular weight excluding hydrogens is 438 g/mol. The van der Waals surface area contributed by atoms with Crippen molar-refractivity contribution >= 4 is 29.1 Å². The van der Waals surface area contributed by atoms with E-state index in [0.717, 1.165) is 6.33 Å². The number of carbonyl (C=O) groups excluding carboxylic acids is 2. The predicted molar refractivity (Wildman–Crippen MR) is 117 cm³/mol. The van der Waals surface area contributed by atoms with Gasteiger partial charge in [0, 0.05) is 5.56 Å². The topological polar surface area (TPSA) is 193 Å². The number of amides is 2. The van der Waals surface area contributed by atoms with Crippen LogP contribution in [0.2, 0.25) is 0 Å². The number of hydrazine groups is 1. The highest BCUT2D eigenvalue weighted by Gasteiger charge is 2.22. The zero-order valence-corrected chi connectivity index (χ0v) is 18.3. The van der Waals surface area contributed by atoms with Gasteiger partial charge in [-0.1, -0.05) is 0 Å². The van der Waals surface area contributed by atoms with Gasteiger partial charge >= 0.3 is 5.69 Å². The number of nitrogens with one attached hydrogen (secondary N) is 3. The summed E-state index contributed by atoms with van der Waals surface area (Å²) in [5.74, 6) is -0.911. The fourth-order valence-corrected chi connectivity index (χ4v) is 2.62. The number of anilines is 2. The summed E-state index contributed by atoms with van der Waals surface area (Å²) in [6, 6.07) is 2.96. The molecule has 2 rings (SSSR count). The van der Waals surface area contributed by atoms with Gasteiger partial charge in [0.2, 0.25) is 17.4 Å². The molecule has 0 unspecified atom stereocenters. The average molecular weight is 463 g/mol. The lowest BCUT2D eigenvalue weighted by atomic mass is 10.1. The molecule has 1 aromatic carbocycles. The Morgan fingerprint density at radius 1 is 1.06 bits per heavy atom. The molecule has 0 aliphatic carbocycles. The van der Waals surface area contributed by atoms with Crippen molar-refractivity contribution in [1.29, 1.82) is 0 Å². The quantitative estimate of drug-likeness (QED) is 0.259. The number of nitrogen functional groups attached to an aromatic ring is 1. The number of nitrogens with zero attached hydrogens (tertiary/aromatic N) is 3. The molecule has 5 N–H and O–H groups in total. The second-order valence-corrected chi connectivity index (χ2v) is 6.17. The van der Waals surface area contributed by atoms with Crippen molar-refractivity contribution < 1.29 is 28.7 Å². The normalized spacial score (nSPS) is 10.2. The zero-order chi connectivity index (χ0) is 24.4. The standard InChI is InChI=1S/C19H25N7O7/c1-4-31-12-7-11(8-13(32-5-2)16(12)33-6-3)19(28)21-9-14(27)24-25-18-15(26(29)30)17(20)22-10-23-18/h7-8,10H,4-6,9H2,1-3H3,(H,21,28)(H,24,27)(H3,20,22,23,25). The van der Waals surface area contributed by atoms with Crippen LogP contribution in [-0.4, -0.2) is 53.1 Å². The molecule has 1 heterocycles. The zero-order valence-electron chi connectivity index (χ0n) is 18.3. The lowest BCUT2D eigenvalue weighted by Crippen LogP contribution is -2.39. The first-order valence-electron chi connectivity index (χ1n) is 9.96. The third kappa shape index (κ3) is 6.56. The molecule has 0 bridgehead atoms. The number of aromatic nitrogens is 2. The van der Waals surface area contributed by atoms with Crippen molar-refractivity contribution in [2.75, 3.05) is 37.5 Å². The predicted octanol–water partition coefficient (Wildman–Crippen LogP) is 1.04. The van der Waals surface area contributed by atoms with Crippen molar-refractivity contribution in [2.24, 2.45) is 0 Å². The smallest absolute Gasteiger partial charge is 0.354 e. The molecule has 0 radical (unpaired) electrons. The Morgan fingerprint density at radius 3 is 2.21 bits per heavy atom. The minimum Gasteiger partial charge on any atom is -0.490 e. The summed E-state index contributed by atoms with van der Waals surface area (Å²) >= 11 is 0. The summed E-state index contributed by atoms with van der Waals surface area (Å²) in [5.41, 5.74) is 9.53. The Hall–Kier alpha value is -4.36. The third-order valence-corrected chi connectivity index (χ3v) is 3.93. The second-order valence-electron chi connectivity index (χ2n) is 6.17. The highest BCUT2D eigenvalue weighted by Crippen LogP contribution is 2.39. The number of ether oxygens (including phenoxy) is 3. The molecule has 0 fully saturated rings. The first kappa shape index (κ1) is 24.9. The van der Waals surface area contributed by atoms with E-state index in [0.29, 0.717) is 37.1 Å². The van der Waals surface area contributed by atoms with Gasteiger partial charge in [-0.3, -0.25) is 30.6 Å². The fraction of sp³-hybridized carbons (Fsp3) is 0.368. The number of carbonyl (C=O) groups is 2. The van der Waals surface area contributed by atoms with Crippen LogP contribution in [0.15, 0.2) is 18.5 Å². The molecule has 0 aliphatic heterocycles. The van der Waals surface area contributed by atoms with Gasteiger partial charge in [-0.2, -0.15) is 0 Å². The summed E-state index contributed by atoms with van der Waals surface area (Å²) < 4.78 is 16.7. The van der Waals surface area contributed by atoms with Crippen molar-refractivity contribution in [2.45, 2.75) is 20.8 Å². The summed E-state index contributed by atoms with van der Waals surface area (Å²) in [6.45, 7) is 5.99. The van der Waals surface area contributed by atoms with E-state index in [1.165, 1.54) is 12.1 Å². The number of nitro groups is 1. The van der Waals surface area contributed by atoms with Crippen LogP contribution >= 0.6 is 0 Å². The minimum absolute atomic E-state index is 0.185. The van der Waals surface area contributed by atoms with Crippen LogP contribution in [0.5, 0.6) is 17.2 Å². The van der Waals surface area contributed by atoms with Crippen LogP contribution in [0, 0.1) is 10.1 Å². The first-order chi connectivity index (χ1) is 15.8. The number of hydrogen-bond acceptors (Lipinski definition) is 11. The van der Waals surface area contributed by atoms with Crippen LogP contribution in [0.1, 0.15) is 31.1 Å². The van der Waals surface area contributed by atoms with Crippen molar-refractivity contribution in [3.8, 4) is 17.2 Å². The number of nitrogens with two attached hydrogens (primary N) is 1. The van der Waals surface area contributed by atoms with Crippen LogP contribution < -0.4 is 36.1 Å². The average Bonchev–Trinajstić information content (AvgIpc) is 2.78. The molecular formula is C19H25N7O7. The van der Waals surface area contributed by atoms with Gasteiger partial charge in [0.15, 0.2) is 11.5 Å². The monoisotopic (exact) mass is 463 g/mol. The third-order valence-electron chi connectivity index (χ3n) is 3.93. The van der Waals surface area contributed by atoms with E-state index in [9.17, 15) is 19.7 Å². The summed E-state index contributed by atoms with van der Waals surface area (Å²) in [7, 11) is 0. The van der Waals surface area contributed by atoms with Crippen LogP contribution in [0.4, 0.5) is 17.3 Å². The van der Waals surface area contributed by atoms with Gasteiger partial charge in [-0.25, -0.2) is 9.97 Å². The summed E-state index contributed by atoms with van der Waals surface area (Å²) in [4.78, 5) is 42.2. The maximum atomic E-state index is 12.6. The van der Waals surface area contributed by atoms with Gasteiger partial charge < -0.3 is 25.3 Å². The Morgan fingerprint density at radius 2 is 1.67 bits per heavy atom. The van der Waals surface area contributed by atoms with Crippen molar-refractivity contribution in [3.05, 3.63) is 34.1 Å². The molecule has 33 heavy (non-hydrogen) atoms.